The Morgan fingerprint density at radius 1 is 1.13 bits per heavy atom. The van der Waals surface area contributed by atoms with Crippen molar-refractivity contribution in [2.75, 3.05) is 6.61 Å². The van der Waals surface area contributed by atoms with Crippen LogP contribution in [0.25, 0.3) is 27.3 Å². The molecule has 8 heteroatoms. The first-order valence-corrected chi connectivity index (χ1v) is 10.5. The van der Waals surface area contributed by atoms with Gasteiger partial charge < -0.3 is 9.47 Å². The van der Waals surface area contributed by atoms with Crippen molar-refractivity contribution in [2.45, 2.75) is 13.2 Å². The molecule has 0 spiro atoms. The molecule has 30 heavy (non-hydrogen) atoms. The molecule has 0 atom stereocenters. The van der Waals surface area contributed by atoms with Crippen LogP contribution in [0.5, 0.6) is 11.5 Å². The number of nitrogens with zero attached hydrogens (tertiary/aromatic N) is 5. The van der Waals surface area contributed by atoms with Gasteiger partial charge in [0, 0.05) is 47.4 Å². The molecule has 0 radical (unpaired) electrons. The van der Waals surface area contributed by atoms with Crippen molar-refractivity contribution < 1.29 is 9.47 Å². The molecule has 7 nitrogen and oxygen atoms in total. The zero-order valence-corrected chi connectivity index (χ0v) is 16.7. The third-order valence-electron chi connectivity index (χ3n) is 5.13. The standard InChI is InChI=1S/C22H17N5O2S/c1-2-18-20(11-17(1)29-14-16-13-26-8-10-30-22(26)25-16)28-9-7-27-21(18)19(12-24-27)15-3-5-23-6-4-15/h1-6,8,10-13H,7,9,14H2. The first kappa shape index (κ1) is 17.2. The van der Waals surface area contributed by atoms with E-state index in [0.29, 0.717) is 19.8 Å². The van der Waals surface area contributed by atoms with Crippen LogP contribution in [0.1, 0.15) is 5.69 Å². The van der Waals surface area contributed by atoms with Gasteiger partial charge in [-0.15, -0.1) is 11.3 Å². The summed E-state index contributed by atoms with van der Waals surface area (Å²) >= 11 is 1.61. The fraction of sp³-hybridized carbons (Fsp3) is 0.136. The summed E-state index contributed by atoms with van der Waals surface area (Å²) in [4.78, 5) is 9.66. The number of imidazole rings is 1. The van der Waals surface area contributed by atoms with Crippen LogP contribution in [0.3, 0.4) is 0 Å². The Balaban J connectivity index is 1.32. The summed E-state index contributed by atoms with van der Waals surface area (Å²) in [5, 5.41) is 6.60. The normalized spacial score (nSPS) is 12.8. The number of fused-ring (bicyclic) bond motifs is 4. The lowest BCUT2D eigenvalue weighted by atomic mass is 10.0. The Kier molecular flexibility index (Phi) is 4.02. The molecule has 4 aromatic heterocycles. The Labute approximate surface area is 176 Å². The molecule has 1 aliphatic heterocycles. The summed E-state index contributed by atoms with van der Waals surface area (Å²) in [6, 6.07) is 9.96. The van der Waals surface area contributed by atoms with E-state index in [-0.39, 0.29) is 0 Å². The highest BCUT2D eigenvalue weighted by Gasteiger charge is 2.21. The number of hydrogen-bond donors (Lipinski definition) is 0. The lowest BCUT2D eigenvalue weighted by Crippen LogP contribution is -2.06. The van der Waals surface area contributed by atoms with E-state index in [2.05, 4.69) is 15.1 Å². The first-order valence-electron chi connectivity index (χ1n) is 9.62. The van der Waals surface area contributed by atoms with Gasteiger partial charge in [0.15, 0.2) is 4.96 Å². The monoisotopic (exact) mass is 415 g/mol. The largest absolute Gasteiger partial charge is 0.491 e. The molecule has 5 heterocycles. The fourth-order valence-electron chi connectivity index (χ4n) is 3.73. The summed E-state index contributed by atoms with van der Waals surface area (Å²) in [5.74, 6) is 1.55. The van der Waals surface area contributed by atoms with Crippen molar-refractivity contribution in [1.82, 2.24) is 24.1 Å². The summed E-state index contributed by atoms with van der Waals surface area (Å²) in [6.45, 7) is 1.66. The molecule has 6 rings (SSSR count). The van der Waals surface area contributed by atoms with Crippen molar-refractivity contribution in [3.63, 3.8) is 0 Å². The van der Waals surface area contributed by atoms with Crippen molar-refractivity contribution in [3.8, 4) is 33.9 Å². The highest BCUT2D eigenvalue weighted by molar-refractivity contribution is 7.15. The minimum absolute atomic E-state index is 0.410. The van der Waals surface area contributed by atoms with Crippen molar-refractivity contribution in [2.24, 2.45) is 0 Å². The average Bonchev–Trinajstić information content (AvgIpc) is 3.46. The number of pyridine rings is 1. The van der Waals surface area contributed by atoms with E-state index >= 15 is 0 Å². The molecular weight excluding hydrogens is 398 g/mol. The van der Waals surface area contributed by atoms with Crippen LogP contribution in [0, 0.1) is 0 Å². The van der Waals surface area contributed by atoms with Crippen LogP contribution < -0.4 is 9.47 Å². The van der Waals surface area contributed by atoms with Gasteiger partial charge in [-0.1, -0.05) is 0 Å². The topological polar surface area (TPSA) is 66.5 Å². The first-order chi connectivity index (χ1) is 14.8. The van der Waals surface area contributed by atoms with Gasteiger partial charge in [-0.3, -0.25) is 14.1 Å². The van der Waals surface area contributed by atoms with Crippen LogP contribution in [0.2, 0.25) is 0 Å². The van der Waals surface area contributed by atoms with Crippen LogP contribution in [0.4, 0.5) is 0 Å². The number of aromatic nitrogens is 5. The molecule has 0 N–H and O–H groups in total. The smallest absolute Gasteiger partial charge is 0.193 e. The molecule has 0 amide bonds. The number of ether oxygens (including phenoxy) is 2. The molecular formula is C22H17N5O2S. The molecule has 0 saturated heterocycles. The summed E-state index contributed by atoms with van der Waals surface area (Å²) < 4.78 is 16.0. The van der Waals surface area contributed by atoms with Crippen LogP contribution in [-0.2, 0) is 13.2 Å². The second kappa shape index (κ2) is 7.00. The van der Waals surface area contributed by atoms with E-state index in [1.165, 1.54) is 0 Å². The predicted molar refractivity (Wildman–Crippen MR) is 114 cm³/mol. The van der Waals surface area contributed by atoms with E-state index in [4.69, 9.17) is 9.47 Å². The molecule has 1 aromatic carbocycles. The predicted octanol–water partition coefficient (Wildman–Crippen LogP) is 4.29. The Bertz CT molecular complexity index is 1310. The lowest BCUT2D eigenvalue weighted by molar-refractivity contribution is 0.287. The molecule has 0 unspecified atom stereocenters. The van der Waals surface area contributed by atoms with E-state index in [0.717, 1.165) is 44.5 Å². The van der Waals surface area contributed by atoms with Crippen molar-refractivity contribution >= 4 is 16.3 Å². The minimum Gasteiger partial charge on any atom is -0.491 e. The summed E-state index contributed by atoms with van der Waals surface area (Å²) in [7, 11) is 0. The maximum absolute atomic E-state index is 6.04. The fourth-order valence-corrected chi connectivity index (χ4v) is 4.45. The number of thiazole rings is 1. The maximum Gasteiger partial charge on any atom is 0.193 e. The highest BCUT2D eigenvalue weighted by Crippen LogP contribution is 2.40. The molecule has 5 aromatic rings. The number of benzene rings is 1. The molecule has 0 saturated carbocycles. The third-order valence-corrected chi connectivity index (χ3v) is 5.90. The molecule has 0 fully saturated rings. The van der Waals surface area contributed by atoms with Crippen molar-refractivity contribution in [3.05, 3.63) is 72.4 Å². The highest BCUT2D eigenvalue weighted by atomic mass is 32.1. The van der Waals surface area contributed by atoms with E-state index in [1.54, 1.807) is 23.7 Å². The SMILES string of the molecule is c1cc(-c2cnn3c2-c2ccc(OCc4cn5ccsc5n4)cc2OCC3)ccn1. The Morgan fingerprint density at radius 3 is 2.97 bits per heavy atom. The molecule has 0 aliphatic carbocycles. The molecule has 0 bridgehead atoms. The average molecular weight is 415 g/mol. The van der Waals surface area contributed by atoms with Gasteiger partial charge in [0.1, 0.15) is 24.7 Å². The quantitative estimate of drug-likeness (QED) is 0.438. The van der Waals surface area contributed by atoms with Gasteiger partial charge in [-0.05, 0) is 29.8 Å². The van der Waals surface area contributed by atoms with Gasteiger partial charge >= 0.3 is 0 Å². The van der Waals surface area contributed by atoms with Crippen molar-refractivity contribution in [1.29, 1.82) is 0 Å². The van der Waals surface area contributed by atoms with E-state index in [1.807, 2.05) is 63.4 Å². The summed E-state index contributed by atoms with van der Waals surface area (Å²) in [5.41, 5.74) is 5.10. The zero-order chi connectivity index (χ0) is 19.9. The third kappa shape index (κ3) is 2.93. The van der Waals surface area contributed by atoms with Crippen LogP contribution >= 0.6 is 11.3 Å². The van der Waals surface area contributed by atoms with Gasteiger partial charge in [0.2, 0.25) is 0 Å². The van der Waals surface area contributed by atoms with Crippen LogP contribution in [-0.4, -0.2) is 30.8 Å². The van der Waals surface area contributed by atoms with E-state index in [9.17, 15) is 0 Å². The van der Waals surface area contributed by atoms with E-state index < -0.39 is 0 Å². The van der Waals surface area contributed by atoms with Gasteiger partial charge in [0.05, 0.1) is 24.1 Å². The number of rotatable bonds is 4. The molecule has 1 aliphatic rings. The zero-order valence-electron chi connectivity index (χ0n) is 15.9. The number of hydrogen-bond acceptors (Lipinski definition) is 6. The van der Waals surface area contributed by atoms with Gasteiger partial charge in [-0.25, -0.2) is 4.98 Å². The maximum atomic E-state index is 6.04. The molecule has 148 valence electrons. The second-order valence-electron chi connectivity index (χ2n) is 6.99. The summed E-state index contributed by atoms with van der Waals surface area (Å²) in [6.07, 6.45) is 9.49. The Hall–Kier alpha value is -3.65. The lowest BCUT2D eigenvalue weighted by Gasteiger charge is -2.11. The van der Waals surface area contributed by atoms with Crippen LogP contribution in [0.15, 0.2) is 66.7 Å². The Morgan fingerprint density at radius 2 is 2.07 bits per heavy atom. The minimum atomic E-state index is 0.410. The second-order valence-corrected chi connectivity index (χ2v) is 7.86. The van der Waals surface area contributed by atoms with Gasteiger partial charge in [-0.2, -0.15) is 5.10 Å². The van der Waals surface area contributed by atoms with Gasteiger partial charge in [0.25, 0.3) is 0 Å².